The van der Waals surface area contributed by atoms with Crippen LogP contribution in [-0.4, -0.2) is 43.4 Å². The molecule has 21 heavy (non-hydrogen) atoms. The number of hydrogen-bond donors (Lipinski definition) is 3. The first kappa shape index (κ1) is 16.0. The summed E-state index contributed by atoms with van der Waals surface area (Å²) in [5, 5.41) is 6.71. The average Bonchev–Trinajstić information content (AvgIpc) is 3.11. The van der Waals surface area contributed by atoms with Crippen molar-refractivity contribution in [2.24, 2.45) is 21.1 Å². The lowest BCUT2D eigenvalue weighted by Gasteiger charge is -2.32. The monoisotopic (exact) mass is 291 g/mol. The fourth-order valence-corrected chi connectivity index (χ4v) is 2.99. The molecule has 0 fully saturated rings. The summed E-state index contributed by atoms with van der Waals surface area (Å²) in [6.07, 6.45) is 4.31. The second-order valence-corrected chi connectivity index (χ2v) is 6.64. The van der Waals surface area contributed by atoms with Gasteiger partial charge in [0.15, 0.2) is 0 Å². The van der Waals surface area contributed by atoms with Crippen LogP contribution in [0.2, 0.25) is 0 Å². The van der Waals surface area contributed by atoms with Gasteiger partial charge >= 0.3 is 0 Å². The Morgan fingerprint density at radius 2 is 1.71 bits per heavy atom. The lowest BCUT2D eigenvalue weighted by molar-refractivity contribution is 0.561. The Morgan fingerprint density at radius 3 is 2.19 bits per heavy atom. The van der Waals surface area contributed by atoms with Crippen molar-refractivity contribution in [3.05, 3.63) is 11.6 Å². The third-order valence-corrected chi connectivity index (χ3v) is 4.25. The van der Waals surface area contributed by atoms with E-state index in [1.165, 1.54) is 5.57 Å². The third kappa shape index (κ3) is 3.46. The highest BCUT2D eigenvalue weighted by atomic mass is 15.1. The molecule has 0 aromatic rings. The van der Waals surface area contributed by atoms with Gasteiger partial charge in [0.25, 0.3) is 0 Å². The fraction of sp³-hybridized carbons (Fsp3) is 0.750. The molecule has 2 aliphatic rings. The number of amidine groups is 2. The molecule has 0 saturated heterocycles. The van der Waals surface area contributed by atoms with Crippen LogP contribution in [0.25, 0.3) is 0 Å². The highest BCUT2D eigenvalue weighted by Crippen LogP contribution is 2.33. The Bertz CT molecular complexity index is 471. The maximum Gasteiger partial charge on any atom is 0.120 e. The number of nitrogens with one attached hydrogen (secondary N) is 2. The summed E-state index contributed by atoms with van der Waals surface area (Å²) >= 11 is 0. The van der Waals surface area contributed by atoms with Crippen LogP contribution in [-0.2, 0) is 0 Å². The van der Waals surface area contributed by atoms with E-state index in [4.69, 9.17) is 5.73 Å². The van der Waals surface area contributed by atoms with E-state index in [2.05, 4.69) is 47.5 Å². The molecular weight excluding hydrogens is 262 g/mol. The molecule has 1 atom stereocenters. The van der Waals surface area contributed by atoms with E-state index in [-0.39, 0.29) is 5.41 Å². The molecular formula is C16H29N5. The van der Waals surface area contributed by atoms with Gasteiger partial charge in [0.1, 0.15) is 11.7 Å². The molecule has 0 bridgehead atoms. The third-order valence-electron chi connectivity index (χ3n) is 4.25. The lowest BCUT2D eigenvalue weighted by Crippen LogP contribution is -2.49. The van der Waals surface area contributed by atoms with Gasteiger partial charge in [0.05, 0.1) is 18.6 Å². The zero-order chi connectivity index (χ0) is 15.5. The molecule has 2 aliphatic heterocycles. The number of nitrogens with zero attached hydrogens (tertiary/aromatic N) is 2. The van der Waals surface area contributed by atoms with Crippen LogP contribution < -0.4 is 16.4 Å². The highest BCUT2D eigenvalue weighted by molar-refractivity contribution is 5.95. The number of aliphatic imine (C=N–C) groups is 2. The molecule has 5 nitrogen and oxygen atoms in total. The summed E-state index contributed by atoms with van der Waals surface area (Å²) < 4.78 is 0. The van der Waals surface area contributed by atoms with Crippen molar-refractivity contribution in [2.75, 3.05) is 26.2 Å². The van der Waals surface area contributed by atoms with Crippen LogP contribution in [0.3, 0.4) is 0 Å². The first-order chi connectivity index (χ1) is 9.88. The Kier molecular flexibility index (Phi) is 4.71. The molecule has 5 heteroatoms. The predicted octanol–water partition coefficient (Wildman–Crippen LogP) is 1.46. The maximum atomic E-state index is 6.52. The molecule has 0 saturated carbocycles. The molecule has 0 aromatic heterocycles. The minimum absolute atomic E-state index is 0.105. The van der Waals surface area contributed by atoms with Gasteiger partial charge < -0.3 is 16.4 Å². The van der Waals surface area contributed by atoms with Crippen molar-refractivity contribution in [1.82, 2.24) is 10.6 Å². The van der Waals surface area contributed by atoms with E-state index in [9.17, 15) is 0 Å². The lowest BCUT2D eigenvalue weighted by atomic mass is 9.77. The molecule has 4 N–H and O–H groups in total. The highest BCUT2D eigenvalue weighted by Gasteiger charge is 2.34. The van der Waals surface area contributed by atoms with Crippen LogP contribution in [0, 0.1) is 5.41 Å². The van der Waals surface area contributed by atoms with Gasteiger partial charge in [-0.25, -0.2) is 0 Å². The molecule has 2 rings (SSSR count). The first-order valence-corrected chi connectivity index (χ1v) is 7.96. The molecule has 0 aliphatic carbocycles. The number of hydrogen-bond acceptors (Lipinski definition) is 5. The van der Waals surface area contributed by atoms with Gasteiger partial charge in [0.2, 0.25) is 0 Å². The Hall–Kier alpha value is -1.36. The molecule has 118 valence electrons. The maximum absolute atomic E-state index is 6.52. The van der Waals surface area contributed by atoms with Crippen LogP contribution in [0.1, 0.15) is 40.5 Å². The molecule has 0 aromatic carbocycles. The van der Waals surface area contributed by atoms with E-state index < -0.39 is 5.54 Å². The molecule has 2 heterocycles. The quantitative estimate of drug-likeness (QED) is 0.649. The number of nitrogens with two attached hydrogens (primary N) is 1. The molecule has 0 radical (unpaired) electrons. The van der Waals surface area contributed by atoms with Gasteiger partial charge in [-0.1, -0.05) is 25.0 Å². The largest absolute Gasteiger partial charge is 0.371 e. The normalized spacial score (nSPS) is 22.2. The summed E-state index contributed by atoms with van der Waals surface area (Å²) in [7, 11) is 0. The van der Waals surface area contributed by atoms with Crippen molar-refractivity contribution in [1.29, 1.82) is 0 Å². The zero-order valence-electron chi connectivity index (χ0n) is 13.8. The molecule has 1 unspecified atom stereocenters. The predicted molar refractivity (Wildman–Crippen MR) is 90.0 cm³/mol. The van der Waals surface area contributed by atoms with Crippen molar-refractivity contribution >= 4 is 11.7 Å². The van der Waals surface area contributed by atoms with Crippen LogP contribution in [0.5, 0.6) is 0 Å². The van der Waals surface area contributed by atoms with Crippen LogP contribution in [0.4, 0.5) is 0 Å². The second-order valence-electron chi connectivity index (χ2n) is 6.64. The molecule has 0 spiro atoms. The van der Waals surface area contributed by atoms with Gasteiger partial charge in [-0.3, -0.25) is 9.98 Å². The van der Waals surface area contributed by atoms with E-state index in [1.807, 2.05) is 6.92 Å². The Balaban J connectivity index is 2.30. The van der Waals surface area contributed by atoms with Crippen molar-refractivity contribution < 1.29 is 0 Å². The fourth-order valence-electron chi connectivity index (χ4n) is 2.99. The first-order valence-electron chi connectivity index (χ1n) is 7.96. The standard InChI is InChI=1S/C16H29N5/c1-5-6-12(15(2,3)13-18-7-8-19-13)11-16(4,17)14-20-9-10-21-14/h11H,5-10,17H2,1-4H3,(H,18,19)(H,20,21)/b12-11+. The van der Waals surface area contributed by atoms with E-state index in [0.717, 1.165) is 50.7 Å². The van der Waals surface area contributed by atoms with Gasteiger partial charge in [-0.05, 0) is 27.2 Å². The van der Waals surface area contributed by atoms with Crippen molar-refractivity contribution in [2.45, 2.75) is 46.1 Å². The smallest absolute Gasteiger partial charge is 0.120 e. The summed E-state index contributed by atoms with van der Waals surface area (Å²) in [4.78, 5) is 9.11. The Labute approximate surface area is 128 Å². The van der Waals surface area contributed by atoms with E-state index >= 15 is 0 Å². The summed E-state index contributed by atoms with van der Waals surface area (Å²) in [6, 6.07) is 0. The summed E-state index contributed by atoms with van der Waals surface area (Å²) in [5.41, 5.74) is 7.20. The van der Waals surface area contributed by atoms with Gasteiger partial charge in [-0.2, -0.15) is 0 Å². The van der Waals surface area contributed by atoms with Crippen LogP contribution >= 0.6 is 0 Å². The van der Waals surface area contributed by atoms with Crippen molar-refractivity contribution in [3.8, 4) is 0 Å². The Morgan fingerprint density at radius 1 is 1.14 bits per heavy atom. The van der Waals surface area contributed by atoms with Gasteiger partial charge in [0, 0.05) is 18.5 Å². The number of rotatable bonds is 6. The summed E-state index contributed by atoms with van der Waals surface area (Å²) in [6.45, 7) is 12.2. The second kappa shape index (κ2) is 6.18. The zero-order valence-corrected chi connectivity index (χ0v) is 13.8. The van der Waals surface area contributed by atoms with Crippen molar-refractivity contribution in [3.63, 3.8) is 0 Å². The minimum Gasteiger partial charge on any atom is -0.371 e. The average molecular weight is 291 g/mol. The molecule has 0 amide bonds. The SMILES string of the molecule is CCC/C(=C\C(C)(N)C1=NCCN1)C(C)(C)C1=NCCN1. The topological polar surface area (TPSA) is 74.8 Å². The summed E-state index contributed by atoms with van der Waals surface area (Å²) in [5.74, 6) is 1.98. The van der Waals surface area contributed by atoms with Crippen LogP contribution in [0.15, 0.2) is 21.6 Å². The van der Waals surface area contributed by atoms with E-state index in [1.54, 1.807) is 0 Å². The van der Waals surface area contributed by atoms with E-state index in [0.29, 0.717) is 0 Å². The minimum atomic E-state index is -0.544. The van der Waals surface area contributed by atoms with Gasteiger partial charge in [-0.15, -0.1) is 0 Å².